The number of halogens is 1. The summed E-state index contributed by atoms with van der Waals surface area (Å²) in [6.45, 7) is 7.92. The number of likely N-dealkylation sites (N-methyl/N-ethyl adjacent to an activating group) is 1. The fraction of sp³-hybridized carbons (Fsp3) is 0.947. The molecule has 0 aromatic carbocycles. The van der Waals surface area contributed by atoms with Crippen LogP contribution in [-0.4, -0.2) is 74.7 Å². The molecule has 1 unspecified atom stereocenters. The first kappa shape index (κ1) is 23.0. The summed E-state index contributed by atoms with van der Waals surface area (Å²) < 4.78 is 0. The molecule has 0 bridgehead atoms. The van der Waals surface area contributed by atoms with E-state index in [0.29, 0.717) is 0 Å². The summed E-state index contributed by atoms with van der Waals surface area (Å²) >= 11 is 0. The van der Waals surface area contributed by atoms with Crippen LogP contribution in [0.5, 0.6) is 0 Å². The van der Waals surface area contributed by atoms with E-state index in [-0.39, 0.29) is 24.0 Å². The van der Waals surface area contributed by atoms with Gasteiger partial charge in [-0.2, -0.15) is 0 Å². The van der Waals surface area contributed by atoms with Gasteiger partial charge in [-0.3, -0.25) is 4.99 Å². The number of guanidine groups is 1. The lowest BCUT2D eigenvalue weighted by Crippen LogP contribution is -2.43. The number of rotatable bonds is 8. The monoisotopic (exact) mass is 465 g/mol. The number of hydrogen-bond acceptors (Lipinski definition) is 3. The van der Waals surface area contributed by atoms with Crippen molar-refractivity contribution in [3.8, 4) is 0 Å². The highest BCUT2D eigenvalue weighted by molar-refractivity contribution is 14.0. The summed E-state index contributed by atoms with van der Waals surface area (Å²) in [5.74, 6) is 0.946. The fourth-order valence-electron chi connectivity index (χ4n) is 4.08. The van der Waals surface area contributed by atoms with E-state index in [9.17, 15) is 0 Å². The van der Waals surface area contributed by atoms with E-state index >= 15 is 0 Å². The molecular formula is C19H40IN5. The first-order valence-electron chi connectivity index (χ1n) is 10.1. The molecule has 1 saturated heterocycles. The van der Waals surface area contributed by atoms with Crippen molar-refractivity contribution in [1.82, 2.24) is 20.4 Å². The van der Waals surface area contributed by atoms with Gasteiger partial charge in [0.15, 0.2) is 5.96 Å². The zero-order chi connectivity index (χ0) is 17.2. The fourth-order valence-corrected chi connectivity index (χ4v) is 4.08. The molecule has 2 aliphatic rings. The lowest BCUT2D eigenvalue weighted by atomic mass is 10.0. The van der Waals surface area contributed by atoms with Crippen LogP contribution >= 0.6 is 24.0 Å². The average molecular weight is 465 g/mol. The van der Waals surface area contributed by atoms with Gasteiger partial charge in [0.2, 0.25) is 0 Å². The molecule has 2 rings (SSSR count). The maximum Gasteiger partial charge on any atom is 0.191 e. The Balaban J connectivity index is 0.00000312. The summed E-state index contributed by atoms with van der Waals surface area (Å²) in [6, 6.07) is 1.57. The zero-order valence-corrected chi connectivity index (χ0v) is 18.9. The van der Waals surface area contributed by atoms with E-state index in [0.717, 1.165) is 37.7 Å². The molecule has 2 fully saturated rings. The maximum absolute atomic E-state index is 4.34. The van der Waals surface area contributed by atoms with E-state index in [4.69, 9.17) is 0 Å². The van der Waals surface area contributed by atoms with Crippen LogP contribution in [0.1, 0.15) is 58.3 Å². The smallest absolute Gasteiger partial charge is 0.191 e. The van der Waals surface area contributed by atoms with Crippen LogP contribution < -0.4 is 10.6 Å². The normalized spacial score (nSPS) is 22.9. The Morgan fingerprint density at radius 2 is 1.76 bits per heavy atom. The minimum atomic E-state index is 0. The van der Waals surface area contributed by atoms with Gasteiger partial charge in [-0.15, -0.1) is 24.0 Å². The Labute approximate surface area is 172 Å². The minimum absolute atomic E-state index is 0. The van der Waals surface area contributed by atoms with E-state index in [1.54, 1.807) is 0 Å². The highest BCUT2D eigenvalue weighted by Gasteiger charge is 2.19. The van der Waals surface area contributed by atoms with Crippen molar-refractivity contribution in [1.29, 1.82) is 0 Å². The SMILES string of the molecule is CN=C(NCCCN1CCCCC1C)NCCN(C)C1CCCC1.I. The van der Waals surface area contributed by atoms with Gasteiger partial charge in [-0.25, -0.2) is 0 Å². The number of nitrogens with zero attached hydrogens (tertiary/aromatic N) is 3. The van der Waals surface area contributed by atoms with Crippen molar-refractivity contribution in [2.45, 2.75) is 70.4 Å². The molecule has 0 aromatic rings. The van der Waals surface area contributed by atoms with Crippen molar-refractivity contribution in [2.75, 3.05) is 46.8 Å². The van der Waals surface area contributed by atoms with Crippen LogP contribution in [0.2, 0.25) is 0 Å². The molecule has 5 nitrogen and oxygen atoms in total. The molecular weight excluding hydrogens is 425 g/mol. The lowest BCUT2D eigenvalue weighted by molar-refractivity contribution is 0.159. The van der Waals surface area contributed by atoms with Crippen LogP contribution in [-0.2, 0) is 0 Å². The third kappa shape index (κ3) is 8.43. The third-order valence-electron chi connectivity index (χ3n) is 5.78. The topological polar surface area (TPSA) is 42.9 Å². The van der Waals surface area contributed by atoms with E-state index < -0.39 is 0 Å². The number of hydrogen-bond donors (Lipinski definition) is 2. The molecule has 2 N–H and O–H groups in total. The van der Waals surface area contributed by atoms with Gasteiger partial charge in [0.25, 0.3) is 0 Å². The zero-order valence-electron chi connectivity index (χ0n) is 16.6. The number of likely N-dealkylation sites (tertiary alicyclic amines) is 1. The summed E-state index contributed by atoms with van der Waals surface area (Å²) in [4.78, 5) is 9.49. The molecule has 1 aliphatic carbocycles. The van der Waals surface area contributed by atoms with Crippen LogP contribution in [0, 0.1) is 0 Å². The Bertz CT molecular complexity index is 371. The highest BCUT2D eigenvalue weighted by atomic mass is 127. The molecule has 148 valence electrons. The van der Waals surface area contributed by atoms with Gasteiger partial charge >= 0.3 is 0 Å². The summed E-state index contributed by atoms with van der Waals surface area (Å²) in [5.41, 5.74) is 0. The van der Waals surface area contributed by atoms with Crippen LogP contribution in [0.3, 0.4) is 0 Å². The molecule has 6 heteroatoms. The first-order chi connectivity index (χ1) is 11.7. The predicted molar refractivity (Wildman–Crippen MR) is 119 cm³/mol. The van der Waals surface area contributed by atoms with Crippen LogP contribution in [0.15, 0.2) is 4.99 Å². The number of piperidine rings is 1. The summed E-state index contributed by atoms with van der Waals surface area (Å²) in [5, 5.41) is 6.92. The molecule has 0 radical (unpaired) electrons. The van der Waals surface area contributed by atoms with Crippen LogP contribution in [0.4, 0.5) is 0 Å². The van der Waals surface area contributed by atoms with Crippen molar-refractivity contribution in [3.63, 3.8) is 0 Å². The lowest BCUT2D eigenvalue weighted by Gasteiger charge is -2.33. The average Bonchev–Trinajstić information content (AvgIpc) is 3.13. The van der Waals surface area contributed by atoms with Gasteiger partial charge in [0, 0.05) is 45.3 Å². The Morgan fingerprint density at radius 1 is 1.08 bits per heavy atom. The summed E-state index contributed by atoms with van der Waals surface area (Å²) in [7, 11) is 4.12. The van der Waals surface area contributed by atoms with E-state index in [1.807, 2.05) is 7.05 Å². The minimum Gasteiger partial charge on any atom is -0.356 e. The maximum atomic E-state index is 4.34. The second kappa shape index (κ2) is 13.1. The van der Waals surface area contributed by atoms with Crippen molar-refractivity contribution >= 4 is 29.9 Å². The quantitative estimate of drug-likeness (QED) is 0.251. The molecule has 1 atom stereocenters. The Hall–Kier alpha value is -0.0800. The number of aliphatic imine (C=N–C) groups is 1. The van der Waals surface area contributed by atoms with Gasteiger partial charge in [0.1, 0.15) is 0 Å². The second-order valence-corrected chi connectivity index (χ2v) is 7.58. The van der Waals surface area contributed by atoms with Gasteiger partial charge in [-0.1, -0.05) is 19.3 Å². The van der Waals surface area contributed by atoms with Crippen LogP contribution in [0.25, 0.3) is 0 Å². The molecule has 1 aliphatic heterocycles. The molecule has 25 heavy (non-hydrogen) atoms. The molecule has 0 spiro atoms. The molecule has 0 aromatic heterocycles. The molecule has 1 saturated carbocycles. The summed E-state index contributed by atoms with van der Waals surface area (Å²) in [6.07, 6.45) is 10.9. The second-order valence-electron chi connectivity index (χ2n) is 7.58. The third-order valence-corrected chi connectivity index (χ3v) is 5.78. The first-order valence-corrected chi connectivity index (χ1v) is 10.1. The Morgan fingerprint density at radius 3 is 2.44 bits per heavy atom. The standard InChI is InChI=1S/C19H39N5.HI/c1-17-9-6-7-14-24(17)15-8-12-21-19(20-2)22-13-16-23(3)18-10-4-5-11-18;/h17-18H,4-16H2,1-3H3,(H2,20,21,22);1H. The number of nitrogens with one attached hydrogen (secondary N) is 2. The van der Waals surface area contributed by atoms with Crippen molar-refractivity contribution in [2.24, 2.45) is 4.99 Å². The van der Waals surface area contributed by atoms with Gasteiger partial charge in [-0.05, 0) is 52.6 Å². The molecule has 1 heterocycles. The van der Waals surface area contributed by atoms with Gasteiger partial charge < -0.3 is 20.4 Å². The van der Waals surface area contributed by atoms with E-state index in [1.165, 1.54) is 64.5 Å². The molecule has 0 amide bonds. The van der Waals surface area contributed by atoms with Gasteiger partial charge in [0.05, 0.1) is 0 Å². The van der Waals surface area contributed by atoms with Crippen molar-refractivity contribution < 1.29 is 0 Å². The predicted octanol–water partition coefficient (Wildman–Crippen LogP) is 2.91. The highest BCUT2D eigenvalue weighted by Crippen LogP contribution is 2.21. The largest absolute Gasteiger partial charge is 0.356 e. The van der Waals surface area contributed by atoms with Crippen molar-refractivity contribution in [3.05, 3.63) is 0 Å². The Kier molecular flexibility index (Phi) is 12.1. The van der Waals surface area contributed by atoms with E-state index in [2.05, 4.69) is 39.4 Å².